The van der Waals surface area contributed by atoms with Crippen LogP contribution in [0.5, 0.6) is 0 Å². The molecule has 0 fully saturated rings. The monoisotopic (exact) mass is 264 g/mol. The van der Waals surface area contributed by atoms with Gasteiger partial charge in [0.05, 0.1) is 12.6 Å². The highest BCUT2D eigenvalue weighted by molar-refractivity contribution is 6.35. The Hall–Kier alpha value is -1.65. The fourth-order valence-electron chi connectivity index (χ4n) is 1.83. The second kappa shape index (κ2) is 5.33. The third-order valence-electron chi connectivity index (χ3n) is 2.74. The van der Waals surface area contributed by atoms with Gasteiger partial charge < -0.3 is 10.5 Å². The van der Waals surface area contributed by atoms with E-state index >= 15 is 0 Å². The lowest BCUT2D eigenvalue weighted by atomic mass is 10.0. The number of carbonyl (C=O) groups is 1. The van der Waals surface area contributed by atoms with Gasteiger partial charge in [-0.2, -0.15) is 0 Å². The minimum absolute atomic E-state index is 0.372. The number of carbonyl (C=O) groups excluding carboxylic acids is 1. The fraction of sp³-hybridized carbons (Fsp3) is 0.231. The third-order valence-corrected chi connectivity index (χ3v) is 3.07. The smallest absolute Gasteiger partial charge is 0.322 e. The predicted octanol–water partition coefficient (Wildman–Crippen LogP) is 1.93. The van der Waals surface area contributed by atoms with Crippen LogP contribution in [0.25, 0.3) is 10.9 Å². The fourth-order valence-corrected chi connectivity index (χ4v) is 2.05. The Labute approximate surface area is 110 Å². The van der Waals surface area contributed by atoms with Crippen molar-refractivity contribution in [3.8, 4) is 0 Å². The molecule has 1 atom stereocenters. The van der Waals surface area contributed by atoms with Gasteiger partial charge in [0.25, 0.3) is 0 Å². The van der Waals surface area contributed by atoms with Crippen molar-refractivity contribution in [1.29, 1.82) is 0 Å². The van der Waals surface area contributed by atoms with Gasteiger partial charge in [-0.3, -0.25) is 9.78 Å². The summed E-state index contributed by atoms with van der Waals surface area (Å²) in [6.45, 7) is 0. The Morgan fingerprint density at radius 3 is 3.00 bits per heavy atom. The van der Waals surface area contributed by atoms with Crippen molar-refractivity contribution < 1.29 is 9.53 Å². The van der Waals surface area contributed by atoms with Crippen LogP contribution in [-0.2, 0) is 16.0 Å². The van der Waals surface area contributed by atoms with Gasteiger partial charge >= 0.3 is 5.97 Å². The van der Waals surface area contributed by atoms with Crippen LogP contribution in [0.2, 0.25) is 5.02 Å². The number of rotatable bonds is 3. The van der Waals surface area contributed by atoms with Crippen LogP contribution in [-0.4, -0.2) is 24.1 Å². The van der Waals surface area contributed by atoms with Crippen molar-refractivity contribution in [3.63, 3.8) is 0 Å². The maximum Gasteiger partial charge on any atom is 0.322 e. The van der Waals surface area contributed by atoms with Crippen LogP contribution in [0.1, 0.15) is 5.56 Å². The number of methoxy groups -OCH3 is 1. The number of benzene rings is 1. The number of hydrogen-bond acceptors (Lipinski definition) is 4. The largest absolute Gasteiger partial charge is 0.468 e. The van der Waals surface area contributed by atoms with E-state index in [0.717, 1.165) is 16.5 Å². The number of hydrogen-bond donors (Lipinski definition) is 1. The summed E-state index contributed by atoms with van der Waals surface area (Å²) in [5.41, 5.74) is 7.40. The molecule has 2 aromatic rings. The Morgan fingerprint density at radius 2 is 2.28 bits per heavy atom. The van der Waals surface area contributed by atoms with Gasteiger partial charge in [0.2, 0.25) is 0 Å². The maximum absolute atomic E-state index is 11.3. The molecule has 18 heavy (non-hydrogen) atoms. The lowest BCUT2D eigenvalue weighted by Crippen LogP contribution is -2.33. The first-order valence-corrected chi connectivity index (χ1v) is 5.87. The molecule has 0 radical (unpaired) electrons. The zero-order valence-corrected chi connectivity index (χ0v) is 10.6. The summed E-state index contributed by atoms with van der Waals surface area (Å²) in [6, 6.07) is 6.63. The molecular formula is C13H13ClN2O2. The maximum atomic E-state index is 11.3. The van der Waals surface area contributed by atoms with Crippen molar-refractivity contribution in [3.05, 3.63) is 41.0 Å². The SMILES string of the molecule is COC(=O)C(N)Cc1ccc(Cl)c2cccnc12. The van der Waals surface area contributed by atoms with E-state index in [0.29, 0.717) is 11.4 Å². The standard InChI is InChI=1S/C13H13ClN2O2/c1-18-13(17)11(15)7-8-4-5-10(14)9-3-2-6-16-12(8)9/h2-6,11H,7,15H2,1H3. The van der Waals surface area contributed by atoms with E-state index in [4.69, 9.17) is 17.3 Å². The zero-order chi connectivity index (χ0) is 13.1. The average Bonchev–Trinajstić information content (AvgIpc) is 2.41. The Balaban J connectivity index is 2.40. The molecule has 0 saturated heterocycles. The average molecular weight is 265 g/mol. The number of aromatic nitrogens is 1. The second-order valence-corrected chi connectivity index (χ2v) is 4.35. The molecule has 0 aliphatic carbocycles. The van der Waals surface area contributed by atoms with Gasteiger partial charge in [-0.05, 0) is 23.8 Å². The van der Waals surface area contributed by atoms with Crippen molar-refractivity contribution >= 4 is 28.5 Å². The molecule has 1 aromatic carbocycles. The minimum Gasteiger partial charge on any atom is -0.468 e. The van der Waals surface area contributed by atoms with E-state index in [-0.39, 0.29) is 0 Å². The molecule has 1 unspecified atom stereocenters. The van der Waals surface area contributed by atoms with Gasteiger partial charge in [0.1, 0.15) is 6.04 Å². The van der Waals surface area contributed by atoms with Gasteiger partial charge in [0, 0.05) is 23.0 Å². The van der Waals surface area contributed by atoms with Crippen molar-refractivity contribution in [2.24, 2.45) is 5.73 Å². The first kappa shape index (κ1) is 12.8. The van der Waals surface area contributed by atoms with Crippen LogP contribution in [0.15, 0.2) is 30.5 Å². The molecule has 1 aromatic heterocycles. The normalized spacial score (nSPS) is 12.4. The summed E-state index contributed by atoms with van der Waals surface area (Å²) in [4.78, 5) is 15.6. The van der Waals surface area contributed by atoms with Crippen molar-refractivity contribution in [2.75, 3.05) is 7.11 Å². The van der Waals surface area contributed by atoms with E-state index in [2.05, 4.69) is 9.72 Å². The summed E-state index contributed by atoms with van der Waals surface area (Å²) in [7, 11) is 1.32. The Kier molecular flexibility index (Phi) is 3.79. The number of ether oxygens (including phenoxy) is 1. The third kappa shape index (κ3) is 2.44. The molecule has 94 valence electrons. The van der Waals surface area contributed by atoms with Gasteiger partial charge in [-0.25, -0.2) is 0 Å². The summed E-state index contributed by atoms with van der Waals surface area (Å²) < 4.78 is 4.61. The summed E-state index contributed by atoms with van der Waals surface area (Å²) in [5.74, 6) is -0.436. The Bertz CT molecular complexity index is 586. The summed E-state index contributed by atoms with van der Waals surface area (Å²) >= 11 is 6.09. The van der Waals surface area contributed by atoms with Gasteiger partial charge in [-0.1, -0.05) is 17.7 Å². The van der Waals surface area contributed by atoms with E-state index in [1.807, 2.05) is 18.2 Å². The molecule has 0 saturated carbocycles. The second-order valence-electron chi connectivity index (χ2n) is 3.94. The number of pyridine rings is 1. The van der Waals surface area contributed by atoms with Gasteiger partial charge in [0.15, 0.2) is 0 Å². The molecular weight excluding hydrogens is 252 g/mol. The molecule has 0 aliphatic rings. The molecule has 2 N–H and O–H groups in total. The highest BCUT2D eigenvalue weighted by Crippen LogP contribution is 2.25. The van der Waals surface area contributed by atoms with Crippen LogP contribution < -0.4 is 5.73 Å². The van der Waals surface area contributed by atoms with E-state index in [9.17, 15) is 4.79 Å². The van der Waals surface area contributed by atoms with Gasteiger partial charge in [-0.15, -0.1) is 0 Å². The number of fused-ring (bicyclic) bond motifs is 1. The highest BCUT2D eigenvalue weighted by atomic mass is 35.5. The van der Waals surface area contributed by atoms with Crippen LogP contribution in [0.3, 0.4) is 0 Å². The number of nitrogens with zero attached hydrogens (tertiary/aromatic N) is 1. The quantitative estimate of drug-likeness (QED) is 0.861. The predicted molar refractivity (Wildman–Crippen MR) is 70.4 cm³/mol. The number of nitrogens with two attached hydrogens (primary N) is 1. The van der Waals surface area contributed by atoms with E-state index in [1.54, 1.807) is 12.3 Å². The molecule has 0 spiro atoms. The first-order chi connectivity index (χ1) is 8.63. The summed E-state index contributed by atoms with van der Waals surface area (Å²) in [6.07, 6.45) is 2.06. The molecule has 2 rings (SSSR count). The first-order valence-electron chi connectivity index (χ1n) is 5.49. The topological polar surface area (TPSA) is 65.2 Å². The van der Waals surface area contributed by atoms with Crippen LogP contribution in [0.4, 0.5) is 0 Å². The number of halogens is 1. The van der Waals surface area contributed by atoms with Crippen molar-refractivity contribution in [1.82, 2.24) is 4.98 Å². The van der Waals surface area contributed by atoms with Crippen LogP contribution >= 0.6 is 11.6 Å². The molecule has 0 bridgehead atoms. The number of esters is 1. The van der Waals surface area contributed by atoms with E-state index < -0.39 is 12.0 Å². The van der Waals surface area contributed by atoms with E-state index in [1.165, 1.54) is 7.11 Å². The van der Waals surface area contributed by atoms with Crippen LogP contribution in [0, 0.1) is 0 Å². The Morgan fingerprint density at radius 1 is 1.50 bits per heavy atom. The molecule has 0 amide bonds. The lowest BCUT2D eigenvalue weighted by Gasteiger charge is -2.11. The highest BCUT2D eigenvalue weighted by Gasteiger charge is 2.16. The molecule has 4 nitrogen and oxygen atoms in total. The molecule has 1 heterocycles. The summed E-state index contributed by atoms with van der Waals surface area (Å²) in [5, 5.41) is 1.49. The molecule has 0 aliphatic heterocycles. The molecule has 5 heteroatoms. The van der Waals surface area contributed by atoms with Crippen molar-refractivity contribution in [2.45, 2.75) is 12.5 Å². The zero-order valence-electron chi connectivity index (χ0n) is 9.89. The minimum atomic E-state index is -0.693. The lowest BCUT2D eigenvalue weighted by molar-refractivity contribution is -0.142.